The molecule has 0 bridgehead atoms. The summed E-state index contributed by atoms with van der Waals surface area (Å²) in [4.78, 5) is 63.8. The van der Waals surface area contributed by atoms with Crippen LogP contribution in [0.25, 0.3) is 0 Å². The first-order valence-corrected chi connectivity index (χ1v) is 11.3. The van der Waals surface area contributed by atoms with Crippen LogP contribution in [0.1, 0.15) is 37.0 Å². The summed E-state index contributed by atoms with van der Waals surface area (Å²) in [7, 11) is 0. The fraction of sp³-hybridized carbons (Fsp3) is 0.478. The average Bonchev–Trinajstić information content (AvgIpc) is 3.35. The lowest BCUT2D eigenvalue weighted by Gasteiger charge is -2.46. The summed E-state index contributed by atoms with van der Waals surface area (Å²) in [6.45, 7) is 4.08. The number of ether oxygens (including phenoxy) is 1. The standard InChI is InChI=1S/C23H26N4O8/c1-11-15(10-25-9-3-4-16(25)20(24)29)19(26-18(11)17(12(2)28)21(26)30)23(32)35-22(31)13-5-7-14(8-6-13)27(33)34/h5-8,11-12,16-18,28H,3-4,9-10H2,1-2H3,(H2,24,29)/t11-,12+,16-,17+,18+/m0/s1. The van der Waals surface area contributed by atoms with E-state index in [0.717, 1.165) is 18.6 Å². The van der Waals surface area contributed by atoms with Gasteiger partial charge in [-0.3, -0.25) is 24.6 Å². The van der Waals surface area contributed by atoms with Crippen molar-refractivity contribution >= 4 is 29.4 Å². The SMILES string of the molecule is C[C@@H](O)[C@H]1C(=O)N2C(C(=O)OC(=O)c3ccc([N+](=O)[O-])cc3)=C(CN3CCC[C@H]3C(N)=O)[C@H](C)[C@H]12. The van der Waals surface area contributed by atoms with E-state index in [1.165, 1.54) is 24.0 Å². The normalized spacial score (nSPS) is 26.8. The number of benzene rings is 1. The maximum absolute atomic E-state index is 13.2. The van der Waals surface area contributed by atoms with Crippen LogP contribution in [0.15, 0.2) is 35.5 Å². The van der Waals surface area contributed by atoms with Gasteiger partial charge in [-0.05, 0) is 44.0 Å². The molecule has 3 aliphatic heterocycles. The second-order valence-corrected chi connectivity index (χ2v) is 9.14. The summed E-state index contributed by atoms with van der Waals surface area (Å²) < 4.78 is 5.06. The molecule has 0 aromatic heterocycles. The minimum Gasteiger partial charge on any atom is -0.393 e. The molecule has 0 radical (unpaired) electrons. The number of fused-ring (bicyclic) bond motifs is 1. The predicted molar refractivity (Wildman–Crippen MR) is 119 cm³/mol. The first-order valence-electron chi connectivity index (χ1n) is 11.3. The zero-order chi connectivity index (χ0) is 25.6. The van der Waals surface area contributed by atoms with E-state index in [-0.39, 0.29) is 29.4 Å². The number of nitrogens with two attached hydrogens (primary N) is 1. The summed E-state index contributed by atoms with van der Waals surface area (Å²) in [6, 6.07) is 3.58. The van der Waals surface area contributed by atoms with E-state index in [4.69, 9.17) is 10.5 Å². The first kappa shape index (κ1) is 24.5. The van der Waals surface area contributed by atoms with Gasteiger partial charge in [0.1, 0.15) is 5.70 Å². The van der Waals surface area contributed by atoms with Crippen LogP contribution in [0.4, 0.5) is 5.69 Å². The van der Waals surface area contributed by atoms with E-state index in [1.54, 1.807) is 0 Å². The topological polar surface area (TPSA) is 173 Å². The number of hydrogen-bond donors (Lipinski definition) is 2. The minimum atomic E-state index is -1.04. The van der Waals surface area contributed by atoms with Crippen LogP contribution in [0.5, 0.6) is 0 Å². The number of nitro benzene ring substituents is 1. The van der Waals surface area contributed by atoms with Crippen molar-refractivity contribution in [3.05, 3.63) is 51.2 Å². The fourth-order valence-corrected chi connectivity index (χ4v) is 5.31. The number of amides is 2. The van der Waals surface area contributed by atoms with Crippen molar-refractivity contribution in [2.45, 2.75) is 44.9 Å². The Morgan fingerprint density at radius 2 is 1.91 bits per heavy atom. The molecule has 3 aliphatic rings. The van der Waals surface area contributed by atoms with Crippen molar-refractivity contribution in [3.63, 3.8) is 0 Å². The van der Waals surface area contributed by atoms with Crippen LogP contribution in [0.2, 0.25) is 0 Å². The number of rotatable bonds is 7. The number of hydrogen-bond acceptors (Lipinski definition) is 9. The molecule has 3 N–H and O–H groups in total. The van der Waals surface area contributed by atoms with Gasteiger partial charge in [0.2, 0.25) is 11.8 Å². The van der Waals surface area contributed by atoms with Gasteiger partial charge in [-0.1, -0.05) is 6.92 Å². The molecule has 5 atom stereocenters. The number of aliphatic hydroxyl groups excluding tert-OH is 1. The van der Waals surface area contributed by atoms with Gasteiger partial charge in [-0.15, -0.1) is 0 Å². The molecule has 2 fully saturated rings. The van der Waals surface area contributed by atoms with Crippen molar-refractivity contribution in [1.29, 1.82) is 0 Å². The maximum Gasteiger partial charge on any atom is 0.362 e. The van der Waals surface area contributed by atoms with E-state index < -0.39 is 52.8 Å². The van der Waals surface area contributed by atoms with Crippen LogP contribution >= 0.6 is 0 Å². The molecular formula is C23H26N4O8. The Balaban J connectivity index is 1.62. The first-order chi connectivity index (χ1) is 16.5. The number of carbonyl (C=O) groups is 4. The van der Waals surface area contributed by atoms with E-state index in [2.05, 4.69) is 0 Å². The van der Waals surface area contributed by atoms with Crippen molar-refractivity contribution in [3.8, 4) is 0 Å². The molecule has 4 rings (SSSR count). The summed E-state index contributed by atoms with van der Waals surface area (Å²) in [5.41, 5.74) is 5.69. The molecule has 0 unspecified atom stereocenters. The van der Waals surface area contributed by atoms with Gasteiger partial charge in [-0.2, -0.15) is 0 Å². The monoisotopic (exact) mass is 486 g/mol. The molecular weight excluding hydrogens is 460 g/mol. The Bertz CT molecular complexity index is 1130. The van der Waals surface area contributed by atoms with Crippen LogP contribution < -0.4 is 5.73 Å². The molecule has 35 heavy (non-hydrogen) atoms. The zero-order valence-corrected chi connectivity index (χ0v) is 19.2. The summed E-state index contributed by atoms with van der Waals surface area (Å²) in [5, 5.41) is 20.9. The zero-order valence-electron chi connectivity index (χ0n) is 19.2. The number of carbonyl (C=O) groups excluding carboxylic acids is 4. The van der Waals surface area contributed by atoms with Gasteiger partial charge < -0.3 is 20.5 Å². The van der Waals surface area contributed by atoms with E-state index in [9.17, 15) is 34.4 Å². The van der Waals surface area contributed by atoms with Crippen LogP contribution in [-0.2, 0) is 19.1 Å². The molecule has 2 saturated heterocycles. The van der Waals surface area contributed by atoms with Crippen LogP contribution in [0, 0.1) is 22.0 Å². The Morgan fingerprint density at radius 1 is 1.26 bits per heavy atom. The van der Waals surface area contributed by atoms with E-state index in [1.807, 2.05) is 11.8 Å². The highest BCUT2D eigenvalue weighted by Crippen LogP contribution is 2.48. The Labute approximate surface area is 200 Å². The molecule has 12 heteroatoms. The highest BCUT2D eigenvalue weighted by Gasteiger charge is 2.60. The van der Waals surface area contributed by atoms with Gasteiger partial charge in [0.15, 0.2) is 0 Å². The second kappa shape index (κ2) is 9.19. The largest absolute Gasteiger partial charge is 0.393 e. The lowest BCUT2D eigenvalue weighted by Crippen LogP contribution is -2.63. The molecule has 0 spiro atoms. The highest BCUT2D eigenvalue weighted by atomic mass is 16.6. The molecule has 2 amide bonds. The van der Waals surface area contributed by atoms with Gasteiger partial charge in [0.05, 0.1) is 34.6 Å². The average molecular weight is 486 g/mol. The number of aliphatic hydroxyl groups is 1. The third kappa shape index (κ3) is 4.19. The third-order valence-electron chi connectivity index (χ3n) is 7.07. The number of nitrogens with zero attached hydrogens (tertiary/aromatic N) is 3. The summed E-state index contributed by atoms with van der Waals surface area (Å²) in [5.74, 6) is -4.03. The van der Waals surface area contributed by atoms with Gasteiger partial charge >= 0.3 is 11.9 Å². The Kier molecular flexibility index (Phi) is 6.43. The number of nitro groups is 1. The van der Waals surface area contributed by atoms with Crippen LogP contribution in [0.3, 0.4) is 0 Å². The number of primary amides is 1. The lowest BCUT2D eigenvalue weighted by atomic mass is 9.77. The number of non-ortho nitro benzene ring substituents is 1. The molecule has 1 aromatic rings. The predicted octanol–water partition coefficient (Wildman–Crippen LogP) is 0.340. The smallest absolute Gasteiger partial charge is 0.362 e. The molecule has 3 heterocycles. The van der Waals surface area contributed by atoms with Crippen molar-refractivity contribution in [2.75, 3.05) is 13.1 Å². The second-order valence-electron chi connectivity index (χ2n) is 9.14. The molecule has 0 aliphatic carbocycles. The molecule has 0 saturated carbocycles. The molecule has 1 aromatic carbocycles. The van der Waals surface area contributed by atoms with Gasteiger partial charge in [-0.25, -0.2) is 9.59 Å². The third-order valence-corrected chi connectivity index (χ3v) is 7.07. The van der Waals surface area contributed by atoms with E-state index >= 15 is 0 Å². The maximum atomic E-state index is 13.2. The van der Waals surface area contributed by atoms with Gasteiger partial charge in [0, 0.05) is 24.6 Å². The Hall–Kier alpha value is -3.64. The van der Waals surface area contributed by atoms with Crippen LogP contribution in [-0.4, -0.2) is 74.9 Å². The summed E-state index contributed by atoms with van der Waals surface area (Å²) >= 11 is 0. The number of β-lactam (4-membered cyclic amide) rings is 1. The van der Waals surface area contributed by atoms with Gasteiger partial charge in [0.25, 0.3) is 5.69 Å². The van der Waals surface area contributed by atoms with Crippen molar-refractivity contribution < 1.29 is 33.9 Å². The van der Waals surface area contributed by atoms with Crippen molar-refractivity contribution in [2.24, 2.45) is 17.6 Å². The minimum absolute atomic E-state index is 0.0705. The molecule has 186 valence electrons. The quantitative estimate of drug-likeness (QED) is 0.181. The molecule has 12 nitrogen and oxygen atoms in total. The Morgan fingerprint density at radius 3 is 2.49 bits per heavy atom. The summed E-state index contributed by atoms with van der Waals surface area (Å²) in [6.07, 6.45) is 0.392. The lowest BCUT2D eigenvalue weighted by molar-refractivity contribution is -0.384. The van der Waals surface area contributed by atoms with Crippen molar-refractivity contribution in [1.82, 2.24) is 9.80 Å². The van der Waals surface area contributed by atoms with E-state index in [0.29, 0.717) is 18.5 Å². The highest BCUT2D eigenvalue weighted by molar-refractivity contribution is 6.06. The number of likely N-dealkylation sites (tertiary alicyclic amines) is 1. The fourth-order valence-electron chi connectivity index (χ4n) is 5.31. The number of esters is 2.